The fraction of sp³-hybridized carbons (Fsp3) is 0.462. The normalized spacial score (nSPS) is 15.6. The van der Waals surface area contributed by atoms with Gasteiger partial charge in [0, 0.05) is 18.0 Å². The Morgan fingerprint density at radius 1 is 1.30 bits per heavy atom. The molecule has 5 nitrogen and oxygen atoms in total. The minimum atomic E-state index is -3.53. The van der Waals surface area contributed by atoms with Gasteiger partial charge in [-0.25, -0.2) is 13.1 Å². The van der Waals surface area contributed by atoms with Crippen LogP contribution in [0.15, 0.2) is 28.0 Å². The van der Waals surface area contributed by atoms with Crippen LogP contribution < -0.4 is 4.72 Å². The maximum Gasteiger partial charge on any atom is 0.255 e. The molecular formula is C13H18N2O3S2. The molecule has 7 heteroatoms. The number of nitrogens with one attached hydrogen (secondary N) is 1. The van der Waals surface area contributed by atoms with Gasteiger partial charge in [0.1, 0.15) is 0 Å². The molecule has 1 aliphatic rings. The number of likely N-dealkylation sites (tertiary alicyclic amines) is 1. The highest BCUT2D eigenvalue weighted by Crippen LogP contribution is 2.26. The van der Waals surface area contributed by atoms with E-state index in [4.69, 9.17) is 0 Å². The van der Waals surface area contributed by atoms with Crippen LogP contribution in [0.2, 0.25) is 0 Å². The van der Waals surface area contributed by atoms with Gasteiger partial charge in [0.25, 0.3) is 5.91 Å². The zero-order valence-electron chi connectivity index (χ0n) is 11.5. The molecule has 0 atom stereocenters. The topological polar surface area (TPSA) is 66.5 Å². The second-order valence-corrected chi connectivity index (χ2v) is 7.30. The van der Waals surface area contributed by atoms with Gasteiger partial charge in [-0.2, -0.15) is 0 Å². The van der Waals surface area contributed by atoms with Crippen molar-refractivity contribution in [2.75, 3.05) is 26.4 Å². The fourth-order valence-electron chi connectivity index (χ4n) is 2.23. The Labute approximate surface area is 123 Å². The summed E-state index contributed by atoms with van der Waals surface area (Å²) in [6.45, 7) is 1.49. The number of sulfonamides is 1. The van der Waals surface area contributed by atoms with E-state index in [0.29, 0.717) is 5.56 Å². The number of hydrogen-bond acceptors (Lipinski definition) is 4. The van der Waals surface area contributed by atoms with Crippen molar-refractivity contribution >= 4 is 27.7 Å². The standard InChI is InChI=1S/C13H18N2O3S2/c1-14-20(17,18)10-5-6-12(19-2)11(9-10)13(16)15-7-3-4-8-15/h5-6,9,14H,3-4,7-8H2,1-2H3. The van der Waals surface area contributed by atoms with E-state index < -0.39 is 10.0 Å². The van der Waals surface area contributed by atoms with Gasteiger partial charge in [0.05, 0.1) is 10.5 Å². The molecule has 1 N–H and O–H groups in total. The highest BCUT2D eigenvalue weighted by Gasteiger charge is 2.23. The van der Waals surface area contributed by atoms with Crippen LogP contribution in [0.1, 0.15) is 23.2 Å². The Bertz CT molecular complexity index is 608. The lowest BCUT2D eigenvalue weighted by atomic mass is 10.2. The van der Waals surface area contributed by atoms with Crippen molar-refractivity contribution in [3.8, 4) is 0 Å². The number of nitrogens with zero attached hydrogens (tertiary/aromatic N) is 1. The summed E-state index contributed by atoms with van der Waals surface area (Å²) in [5.41, 5.74) is 0.468. The number of rotatable bonds is 4. The SMILES string of the molecule is CNS(=O)(=O)c1ccc(SC)c(C(=O)N2CCCC2)c1. The molecule has 0 spiro atoms. The molecule has 0 aliphatic carbocycles. The third-order valence-electron chi connectivity index (χ3n) is 3.37. The van der Waals surface area contributed by atoms with Gasteiger partial charge < -0.3 is 4.90 Å². The first kappa shape index (κ1) is 15.3. The maximum atomic E-state index is 12.5. The lowest BCUT2D eigenvalue weighted by Gasteiger charge is -2.17. The number of benzene rings is 1. The molecule has 1 heterocycles. The van der Waals surface area contributed by atoms with Crippen LogP contribution in [0.25, 0.3) is 0 Å². The quantitative estimate of drug-likeness (QED) is 0.856. The first-order chi connectivity index (χ1) is 9.49. The molecule has 1 aromatic rings. The smallest absolute Gasteiger partial charge is 0.255 e. The molecular weight excluding hydrogens is 296 g/mol. The zero-order valence-corrected chi connectivity index (χ0v) is 13.2. The van der Waals surface area contributed by atoms with E-state index >= 15 is 0 Å². The van der Waals surface area contributed by atoms with Gasteiger partial charge in [-0.05, 0) is 44.3 Å². The van der Waals surface area contributed by atoms with Gasteiger partial charge in [0.15, 0.2) is 0 Å². The summed E-state index contributed by atoms with van der Waals surface area (Å²) in [4.78, 5) is 15.2. The van der Waals surface area contributed by atoms with Crippen LogP contribution in [-0.4, -0.2) is 45.6 Å². The Balaban J connectivity index is 2.44. The largest absolute Gasteiger partial charge is 0.339 e. The molecule has 1 fully saturated rings. The van der Waals surface area contributed by atoms with Crippen molar-refractivity contribution in [2.45, 2.75) is 22.6 Å². The monoisotopic (exact) mass is 314 g/mol. The fourth-order valence-corrected chi connectivity index (χ4v) is 3.56. The van der Waals surface area contributed by atoms with Crippen LogP contribution in [0.3, 0.4) is 0 Å². The molecule has 0 saturated carbocycles. The van der Waals surface area contributed by atoms with Crippen molar-refractivity contribution in [3.63, 3.8) is 0 Å². The molecule has 0 radical (unpaired) electrons. The van der Waals surface area contributed by atoms with Gasteiger partial charge in [-0.3, -0.25) is 4.79 Å². The molecule has 1 saturated heterocycles. The molecule has 1 amide bonds. The molecule has 0 bridgehead atoms. The third kappa shape index (κ3) is 2.99. The summed E-state index contributed by atoms with van der Waals surface area (Å²) >= 11 is 1.45. The van der Waals surface area contributed by atoms with E-state index in [1.165, 1.54) is 30.9 Å². The minimum Gasteiger partial charge on any atom is -0.339 e. The zero-order chi connectivity index (χ0) is 14.8. The summed E-state index contributed by atoms with van der Waals surface area (Å²) in [5, 5.41) is 0. The van der Waals surface area contributed by atoms with E-state index in [9.17, 15) is 13.2 Å². The van der Waals surface area contributed by atoms with E-state index in [0.717, 1.165) is 30.8 Å². The molecule has 1 aliphatic heterocycles. The predicted molar refractivity (Wildman–Crippen MR) is 79.6 cm³/mol. The molecule has 2 rings (SSSR count). The average molecular weight is 314 g/mol. The average Bonchev–Trinajstić information content (AvgIpc) is 3.00. The van der Waals surface area contributed by atoms with E-state index in [1.807, 2.05) is 6.26 Å². The highest BCUT2D eigenvalue weighted by molar-refractivity contribution is 7.98. The van der Waals surface area contributed by atoms with Crippen LogP contribution in [0, 0.1) is 0 Å². The molecule has 20 heavy (non-hydrogen) atoms. The van der Waals surface area contributed by atoms with E-state index in [2.05, 4.69) is 4.72 Å². The first-order valence-electron chi connectivity index (χ1n) is 6.40. The molecule has 0 unspecified atom stereocenters. The van der Waals surface area contributed by atoms with Crippen molar-refractivity contribution in [3.05, 3.63) is 23.8 Å². The van der Waals surface area contributed by atoms with Gasteiger partial charge >= 0.3 is 0 Å². The Morgan fingerprint density at radius 2 is 1.95 bits per heavy atom. The first-order valence-corrected chi connectivity index (χ1v) is 9.11. The second-order valence-electron chi connectivity index (χ2n) is 4.57. The van der Waals surface area contributed by atoms with Gasteiger partial charge in [-0.1, -0.05) is 0 Å². The predicted octanol–water partition coefficient (Wildman–Crippen LogP) is 1.55. The number of carbonyl (C=O) groups excluding carboxylic acids is 1. The third-order valence-corrected chi connectivity index (χ3v) is 5.58. The summed E-state index contributed by atoms with van der Waals surface area (Å²) in [6, 6.07) is 4.69. The van der Waals surface area contributed by atoms with Crippen LogP contribution in [0.5, 0.6) is 0 Å². The molecule has 110 valence electrons. The number of hydrogen-bond donors (Lipinski definition) is 1. The Kier molecular flexibility index (Phi) is 4.72. The Hall–Kier alpha value is -1.05. The number of carbonyl (C=O) groups is 1. The summed E-state index contributed by atoms with van der Waals surface area (Å²) in [7, 11) is -2.17. The van der Waals surface area contributed by atoms with Crippen LogP contribution >= 0.6 is 11.8 Å². The van der Waals surface area contributed by atoms with E-state index in [-0.39, 0.29) is 10.8 Å². The number of amides is 1. The molecule has 1 aromatic carbocycles. The minimum absolute atomic E-state index is 0.0833. The lowest BCUT2D eigenvalue weighted by molar-refractivity contribution is 0.0789. The van der Waals surface area contributed by atoms with Crippen LogP contribution in [-0.2, 0) is 10.0 Å². The van der Waals surface area contributed by atoms with Gasteiger partial charge in [0.2, 0.25) is 10.0 Å². The van der Waals surface area contributed by atoms with E-state index in [1.54, 1.807) is 11.0 Å². The van der Waals surface area contributed by atoms with Crippen LogP contribution in [0.4, 0.5) is 0 Å². The maximum absolute atomic E-state index is 12.5. The van der Waals surface area contributed by atoms with Crippen molar-refractivity contribution in [2.24, 2.45) is 0 Å². The molecule has 0 aromatic heterocycles. The summed E-state index contributed by atoms with van der Waals surface area (Å²) < 4.78 is 26.0. The summed E-state index contributed by atoms with van der Waals surface area (Å²) in [6.07, 6.45) is 3.89. The highest BCUT2D eigenvalue weighted by atomic mass is 32.2. The van der Waals surface area contributed by atoms with Crippen molar-refractivity contribution in [1.82, 2.24) is 9.62 Å². The van der Waals surface area contributed by atoms with Crippen molar-refractivity contribution < 1.29 is 13.2 Å². The lowest BCUT2D eigenvalue weighted by Crippen LogP contribution is -2.28. The number of thioether (sulfide) groups is 1. The Morgan fingerprint density at radius 3 is 2.50 bits per heavy atom. The summed E-state index contributed by atoms with van der Waals surface area (Å²) in [5.74, 6) is -0.0833. The van der Waals surface area contributed by atoms with Crippen molar-refractivity contribution in [1.29, 1.82) is 0 Å². The second kappa shape index (κ2) is 6.15. The van der Waals surface area contributed by atoms with Gasteiger partial charge in [-0.15, -0.1) is 11.8 Å².